The maximum absolute atomic E-state index is 12.4. The molecule has 0 atom stereocenters. The second kappa shape index (κ2) is 9.04. The van der Waals surface area contributed by atoms with Crippen molar-refractivity contribution in [2.24, 2.45) is 5.92 Å². The van der Waals surface area contributed by atoms with Crippen molar-refractivity contribution in [3.63, 3.8) is 0 Å². The van der Waals surface area contributed by atoms with Gasteiger partial charge in [-0.2, -0.15) is 0 Å². The monoisotopic (exact) mass is 330 g/mol. The Labute approximate surface area is 151 Å². The van der Waals surface area contributed by atoms with Crippen LogP contribution in [0.4, 0.5) is 0 Å². The summed E-state index contributed by atoms with van der Waals surface area (Å²) in [5.41, 5.74) is 5.12. The molecule has 128 valence electrons. The van der Waals surface area contributed by atoms with Gasteiger partial charge in [-0.15, -0.1) is 0 Å². The molecule has 1 nitrogen and oxygen atoms in total. The zero-order chi connectivity index (χ0) is 18.2. The number of aryl methyl sites for hydroxylation is 1. The molecule has 0 aliphatic carbocycles. The van der Waals surface area contributed by atoms with E-state index in [0.717, 1.165) is 40.7 Å². The number of hydrogen-bond donors (Lipinski definition) is 0. The average Bonchev–Trinajstić information content (AvgIpc) is 2.62. The van der Waals surface area contributed by atoms with Crippen LogP contribution < -0.4 is 0 Å². The third-order valence-electron chi connectivity index (χ3n) is 4.09. The van der Waals surface area contributed by atoms with Crippen molar-refractivity contribution in [1.82, 2.24) is 0 Å². The predicted octanol–water partition coefficient (Wildman–Crippen LogP) is 5.80. The molecular formula is C24H26O. The van der Waals surface area contributed by atoms with E-state index >= 15 is 0 Å². The lowest BCUT2D eigenvalue weighted by Crippen LogP contribution is -2.10. The first-order chi connectivity index (χ1) is 12.0. The van der Waals surface area contributed by atoms with E-state index < -0.39 is 0 Å². The minimum absolute atomic E-state index is 0.0270. The number of carbonyl (C=O) groups excluding carboxylic acids is 1. The van der Waals surface area contributed by atoms with Crippen LogP contribution in [0.15, 0.2) is 54.1 Å². The first-order valence-corrected chi connectivity index (χ1v) is 8.93. The smallest absolute Gasteiger partial charge is 0.161 e. The van der Waals surface area contributed by atoms with E-state index in [9.17, 15) is 4.79 Å². The van der Waals surface area contributed by atoms with Gasteiger partial charge in [0.2, 0.25) is 0 Å². The van der Waals surface area contributed by atoms with Gasteiger partial charge in [0, 0.05) is 17.0 Å². The normalized spacial score (nSPS) is 11.2. The molecule has 0 saturated heterocycles. The van der Waals surface area contributed by atoms with Crippen LogP contribution in [0, 0.1) is 24.7 Å². The molecule has 0 amide bonds. The van der Waals surface area contributed by atoms with Gasteiger partial charge in [-0.1, -0.05) is 63.3 Å². The molecule has 2 aromatic carbocycles. The van der Waals surface area contributed by atoms with Crippen molar-refractivity contribution in [3.05, 3.63) is 76.4 Å². The zero-order valence-corrected chi connectivity index (χ0v) is 15.6. The van der Waals surface area contributed by atoms with Crippen molar-refractivity contribution in [3.8, 4) is 11.8 Å². The highest BCUT2D eigenvalue weighted by molar-refractivity contribution is 6.00. The highest BCUT2D eigenvalue weighted by Crippen LogP contribution is 2.20. The van der Waals surface area contributed by atoms with Gasteiger partial charge in [0.15, 0.2) is 5.78 Å². The van der Waals surface area contributed by atoms with Crippen LogP contribution in [-0.2, 0) is 4.79 Å². The third-order valence-corrected chi connectivity index (χ3v) is 4.09. The summed E-state index contributed by atoms with van der Waals surface area (Å²) in [5, 5.41) is 0. The Kier molecular flexibility index (Phi) is 6.78. The molecule has 2 rings (SSSR count). The molecule has 0 saturated carbocycles. The molecule has 25 heavy (non-hydrogen) atoms. The molecule has 0 aliphatic rings. The lowest BCUT2D eigenvalue weighted by atomic mass is 9.94. The minimum atomic E-state index is 0.0270. The fourth-order valence-corrected chi connectivity index (χ4v) is 2.63. The van der Waals surface area contributed by atoms with E-state index in [0.29, 0.717) is 0 Å². The van der Waals surface area contributed by atoms with Crippen LogP contribution in [0.5, 0.6) is 0 Å². The Morgan fingerprint density at radius 1 is 1.04 bits per heavy atom. The molecule has 0 radical (unpaired) electrons. The van der Waals surface area contributed by atoms with Crippen LogP contribution in [-0.4, -0.2) is 5.78 Å². The Hall–Kier alpha value is -2.59. The van der Waals surface area contributed by atoms with Crippen molar-refractivity contribution >= 4 is 11.9 Å². The Balaban J connectivity index is 2.36. The van der Waals surface area contributed by atoms with Gasteiger partial charge in [-0.05, 0) is 60.4 Å². The zero-order valence-electron chi connectivity index (χ0n) is 15.6. The summed E-state index contributed by atoms with van der Waals surface area (Å²) in [6.07, 6.45) is 3.84. The summed E-state index contributed by atoms with van der Waals surface area (Å²) < 4.78 is 0. The quantitative estimate of drug-likeness (QED) is 0.500. The largest absolute Gasteiger partial charge is 0.294 e. The highest BCUT2D eigenvalue weighted by Gasteiger charge is 2.13. The number of allylic oxidation sites excluding steroid dienone is 1. The number of carbonyl (C=O) groups is 1. The molecule has 0 bridgehead atoms. The van der Waals surface area contributed by atoms with Crippen molar-refractivity contribution < 1.29 is 4.79 Å². The highest BCUT2D eigenvalue weighted by atomic mass is 16.1. The molecule has 0 unspecified atom stereocenters. The first-order valence-electron chi connectivity index (χ1n) is 8.93. The summed E-state index contributed by atoms with van der Waals surface area (Å²) in [4.78, 5) is 12.4. The van der Waals surface area contributed by atoms with Crippen LogP contribution in [0.1, 0.15) is 55.9 Å². The number of hydrogen-bond acceptors (Lipinski definition) is 1. The summed E-state index contributed by atoms with van der Waals surface area (Å²) in [7, 11) is 0. The Morgan fingerprint density at radius 2 is 1.72 bits per heavy atom. The molecule has 2 aromatic rings. The third kappa shape index (κ3) is 5.47. The Morgan fingerprint density at radius 3 is 2.36 bits per heavy atom. The van der Waals surface area contributed by atoms with E-state index in [1.54, 1.807) is 0 Å². The topological polar surface area (TPSA) is 17.1 Å². The van der Waals surface area contributed by atoms with E-state index in [2.05, 4.69) is 43.9 Å². The fourth-order valence-electron chi connectivity index (χ4n) is 2.63. The second-order valence-corrected chi connectivity index (χ2v) is 6.63. The van der Waals surface area contributed by atoms with Gasteiger partial charge in [0.05, 0.1) is 0 Å². The first kappa shape index (κ1) is 18.7. The van der Waals surface area contributed by atoms with E-state index in [1.165, 1.54) is 0 Å². The van der Waals surface area contributed by atoms with Crippen LogP contribution >= 0.6 is 0 Å². The van der Waals surface area contributed by atoms with Crippen LogP contribution in [0.25, 0.3) is 6.08 Å². The number of rotatable bonds is 5. The second-order valence-electron chi connectivity index (χ2n) is 6.63. The molecule has 0 aromatic heterocycles. The number of ketones is 1. The average molecular weight is 330 g/mol. The van der Waals surface area contributed by atoms with Crippen LogP contribution in [0.2, 0.25) is 0 Å². The molecule has 0 heterocycles. The standard InChI is InChI=1S/C24H26O/c1-5-9-22(24(25)18(2)3)17-23-16-21(13-12-19(23)4)15-14-20-10-7-6-8-11-20/h6-8,10-13,16-18H,5,9H2,1-4H3/b22-17+. The van der Waals surface area contributed by atoms with Crippen molar-refractivity contribution in [2.75, 3.05) is 0 Å². The molecule has 0 spiro atoms. The van der Waals surface area contributed by atoms with Gasteiger partial charge in [-0.25, -0.2) is 0 Å². The maximum atomic E-state index is 12.4. The van der Waals surface area contributed by atoms with Gasteiger partial charge < -0.3 is 0 Å². The molecule has 1 heteroatoms. The lowest BCUT2D eigenvalue weighted by molar-refractivity contribution is -0.118. The number of benzene rings is 2. The fraction of sp³-hybridized carbons (Fsp3) is 0.292. The summed E-state index contributed by atoms with van der Waals surface area (Å²) >= 11 is 0. The molecule has 0 fully saturated rings. The van der Waals surface area contributed by atoms with Crippen molar-refractivity contribution in [2.45, 2.75) is 40.5 Å². The predicted molar refractivity (Wildman–Crippen MR) is 106 cm³/mol. The molecular weight excluding hydrogens is 304 g/mol. The van der Waals surface area contributed by atoms with Gasteiger partial charge in [-0.3, -0.25) is 4.79 Å². The lowest BCUT2D eigenvalue weighted by Gasteiger charge is -2.10. The Bertz CT molecular complexity index is 814. The molecule has 0 aliphatic heterocycles. The van der Waals surface area contributed by atoms with E-state index in [1.807, 2.05) is 50.2 Å². The van der Waals surface area contributed by atoms with Gasteiger partial charge >= 0.3 is 0 Å². The maximum Gasteiger partial charge on any atom is 0.161 e. The SMILES string of the molecule is CCC/C(=C\c1cc(C#Cc2ccccc2)ccc1C)C(=O)C(C)C. The minimum Gasteiger partial charge on any atom is -0.294 e. The number of Topliss-reactive ketones (excluding diaryl/α,β-unsaturated/α-hetero) is 1. The molecule has 0 N–H and O–H groups in total. The van der Waals surface area contributed by atoms with Gasteiger partial charge in [0.25, 0.3) is 0 Å². The van der Waals surface area contributed by atoms with E-state index in [4.69, 9.17) is 0 Å². The van der Waals surface area contributed by atoms with Crippen LogP contribution in [0.3, 0.4) is 0 Å². The summed E-state index contributed by atoms with van der Waals surface area (Å²) in [6, 6.07) is 16.2. The van der Waals surface area contributed by atoms with E-state index in [-0.39, 0.29) is 11.7 Å². The van der Waals surface area contributed by atoms with Crippen molar-refractivity contribution in [1.29, 1.82) is 0 Å². The van der Waals surface area contributed by atoms with Gasteiger partial charge in [0.1, 0.15) is 0 Å². The summed E-state index contributed by atoms with van der Waals surface area (Å²) in [5.74, 6) is 6.68. The summed E-state index contributed by atoms with van der Waals surface area (Å²) in [6.45, 7) is 8.10.